The summed E-state index contributed by atoms with van der Waals surface area (Å²) >= 11 is 1.10. The van der Waals surface area contributed by atoms with Crippen molar-refractivity contribution < 1.29 is 18.7 Å². The molecule has 2 aromatic rings. The van der Waals surface area contributed by atoms with E-state index in [0.717, 1.165) is 22.7 Å². The SMILES string of the molecule is CCCCOC(=O)/C(C#N)=C/c1csc(N(C(C)=O)c2ccccc2F)n1. The fraction of sp³-hybridized carbons (Fsp3) is 0.263. The number of nitriles is 1. The Kier molecular flexibility index (Phi) is 7.20. The minimum absolute atomic E-state index is 0.0781. The van der Waals surface area contributed by atoms with E-state index in [2.05, 4.69) is 4.98 Å². The lowest BCUT2D eigenvalue weighted by molar-refractivity contribution is -0.138. The van der Waals surface area contributed by atoms with E-state index in [0.29, 0.717) is 12.1 Å². The summed E-state index contributed by atoms with van der Waals surface area (Å²) in [7, 11) is 0. The molecular weight excluding hydrogens is 369 g/mol. The molecule has 1 heterocycles. The smallest absolute Gasteiger partial charge is 0.348 e. The molecule has 0 aliphatic rings. The molecule has 6 nitrogen and oxygen atoms in total. The van der Waals surface area contributed by atoms with Crippen molar-refractivity contribution in [3.63, 3.8) is 0 Å². The van der Waals surface area contributed by atoms with Crippen molar-refractivity contribution in [2.24, 2.45) is 0 Å². The summed E-state index contributed by atoms with van der Waals surface area (Å²) < 4.78 is 19.1. The van der Waals surface area contributed by atoms with Crippen LogP contribution >= 0.6 is 11.3 Å². The van der Waals surface area contributed by atoms with Gasteiger partial charge in [0.25, 0.3) is 0 Å². The monoisotopic (exact) mass is 387 g/mol. The predicted molar refractivity (Wildman–Crippen MR) is 101 cm³/mol. The van der Waals surface area contributed by atoms with Gasteiger partial charge in [0.05, 0.1) is 18.0 Å². The number of halogens is 1. The van der Waals surface area contributed by atoms with Crippen molar-refractivity contribution in [2.75, 3.05) is 11.5 Å². The number of nitrogens with zero attached hydrogens (tertiary/aromatic N) is 3. The average Bonchev–Trinajstić information content (AvgIpc) is 3.09. The molecule has 8 heteroatoms. The van der Waals surface area contributed by atoms with Gasteiger partial charge < -0.3 is 4.74 Å². The summed E-state index contributed by atoms with van der Waals surface area (Å²) in [5, 5.41) is 11.0. The summed E-state index contributed by atoms with van der Waals surface area (Å²) in [6.07, 6.45) is 2.86. The van der Waals surface area contributed by atoms with Crippen LogP contribution < -0.4 is 4.90 Å². The zero-order valence-electron chi connectivity index (χ0n) is 14.9. The van der Waals surface area contributed by atoms with Crippen LogP contribution in [0.2, 0.25) is 0 Å². The molecule has 0 saturated heterocycles. The van der Waals surface area contributed by atoms with E-state index < -0.39 is 17.7 Å². The van der Waals surface area contributed by atoms with Crippen molar-refractivity contribution in [1.82, 2.24) is 4.98 Å². The standard InChI is InChI=1S/C19H18FN3O3S/c1-3-4-9-26-18(25)14(11-21)10-15-12-27-19(22-15)23(13(2)24)17-8-6-5-7-16(17)20/h5-8,10,12H,3-4,9H2,1-2H3/b14-10+. The van der Waals surface area contributed by atoms with Crippen molar-refractivity contribution in [1.29, 1.82) is 5.26 Å². The molecular formula is C19H18FN3O3S. The Labute approximate surface area is 160 Å². The molecule has 1 aromatic carbocycles. The topological polar surface area (TPSA) is 83.3 Å². The number of aromatic nitrogens is 1. The van der Waals surface area contributed by atoms with Crippen LogP contribution in [0.5, 0.6) is 0 Å². The number of ether oxygens (including phenoxy) is 1. The normalized spacial score (nSPS) is 11.0. The number of carbonyl (C=O) groups excluding carboxylic acids is 2. The Morgan fingerprint density at radius 1 is 1.41 bits per heavy atom. The molecule has 0 aliphatic carbocycles. The predicted octanol–water partition coefficient (Wildman–Crippen LogP) is 4.22. The van der Waals surface area contributed by atoms with E-state index in [1.54, 1.807) is 17.5 Å². The number of anilines is 2. The number of rotatable bonds is 7. The number of thiazole rings is 1. The lowest BCUT2D eigenvalue weighted by atomic mass is 10.2. The van der Waals surface area contributed by atoms with Gasteiger partial charge in [0.2, 0.25) is 5.91 Å². The second-order valence-electron chi connectivity index (χ2n) is 5.52. The lowest BCUT2D eigenvalue weighted by Gasteiger charge is -2.18. The number of amides is 1. The Morgan fingerprint density at radius 3 is 2.78 bits per heavy atom. The second kappa shape index (κ2) is 9.59. The second-order valence-corrected chi connectivity index (χ2v) is 6.36. The van der Waals surface area contributed by atoms with Crippen LogP contribution in [0.3, 0.4) is 0 Å². The molecule has 0 atom stereocenters. The molecule has 0 bridgehead atoms. The number of unbranched alkanes of at least 4 members (excludes halogenated alkanes) is 1. The lowest BCUT2D eigenvalue weighted by Crippen LogP contribution is -2.23. The average molecular weight is 387 g/mol. The van der Waals surface area contributed by atoms with E-state index in [9.17, 15) is 19.2 Å². The third kappa shape index (κ3) is 5.21. The quantitative estimate of drug-likeness (QED) is 0.307. The molecule has 0 aliphatic heterocycles. The van der Waals surface area contributed by atoms with Gasteiger partial charge in [-0.05, 0) is 24.6 Å². The molecule has 0 fully saturated rings. The summed E-state index contributed by atoms with van der Waals surface area (Å²) in [6, 6.07) is 7.65. The highest BCUT2D eigenvalue weighted by atomic mass is 32.1. The number of hydrogen-bond acceptors (Lipinski definition) is 6. The molecule has 27 heavy (non-hydrogen) atoms. The summed E-state index contributed by atoms with van der Waals surface area (Å²) in [6.45, 7) is 3.50. The highest BCUT2D eigenvalue weighted by Gasteiger charge is 2.21. The Morgan fingerprint density at radius 2 is 2.15 bits per heavy atom. The van der Waals surface area contributed by atoms with Crippen molar-refractivity contribution in [3.05, 3.63) is 46.7 Å². The van der Waals surface area contributed by atoms with E-state index in [1.165, 1.54) is 31.2 Å². The number of carbonyl (C=O) groups is 2. The van der Waals surface area contributed by atoms with Gasteiger partial charge in [0.1, 0.15) is 17.5 Å². The fourth-order valence-electron chi connectivity index (χ4n) is 2.16. The molecule has 2 rings (SSSR count). The largest absolute Gasteiger partial charge is 0.462 e. The maximum atomic E-state index is 14.1. The Bertz CT molecular complexity index is 902. The summed E-state index contributed by atoms with van der Waals surface area (Å²) in [5.74, 6) is -1.69. The maximum Gasteiger partial charge on any atom is 0.348 e. The van der Waals surface area contributed by atoms with Crippen LogP contribution in [0.25, 0.3) is 6.08 Å². The summed E-state index contributed by atoms with van der Waals surface area (Å²) in [5.41, 5.74) is 0.194. The van der Waals surface area contributed by atoms with Crippen LogP contribution in [0.1, 0.15) is 32.4 Å². The van der Waals surface area contributed by atoms with Crippen molar-refractivity contribution in [2.45, 2.75) is 26.7 Å². The molecule has 0 saturated carbocycles. The molecule has 0 N–H and O–H groups in total. The van der Waals surface area contributed by atoms with Crippen molar-refractivity contribution in [3.8, 4) is 6.07 Å². The van der Waals surface area contributed by atoms with E-state index >= 15 is 0 Å². The van der Waals surface area contributed by atoms with Crippen LogP contribution in [-0.2, 0) is 14.3 Å². The van der Waals surface area contributed by atoms with E-state index in [1.807, 2.05) is 6.92 Å². The Balaban J connectivity index is 2.28. The zero-order chi connectivity index (χ0) is 19.8. The number of hydrogen-bond donors (Lipinski definition) is 0. The first kappa shape index (κ1) is 20.3. The minimum Gasteiger partial charge on any atom is -0.462 e. The van der Waals surface area contributed by atoms with E-state index in [4.69, 9.17) is 4.74 Å². The first-order valence-corrected chi connectivity index (χ1v) is 9.15. The number of para-hydroxylation sites is 1. The molecule has 1 aromatic heterocycles. The number of esters is 1. The molecule has 0 spiro atoms. The molecule has 0 radical (unpaired) electrons. The van der Waals surface area contributed by atoms with Gasteiger partial charge in [-0.2, -0.15) is 5.26 Å². The first-order chi connectivity index (χ1) is 13.0. The van der Waals surface area contributed by atoms with Crippen LogP contribution in [0, 0.1) is 17.1 Å². The highest BCUT2D eigenvalue weighted by Crippen LogP contribution is 2.31. The maximum absolute atomic E-state index is 14.1. The molecule has 1 amide bonds. The fourth-order valence-corrected chi connectivity index (χ4v) is 2.99. The number of benzene rings is 1. The van der Waals surface area contributed by atoms with Gasteiger partial charge in [0.15, 0.2) is 5.13 Å². The van der Waals surface area contributed by atoms with Crippen molar-refractivity contribution >= 4 is 40.1 Å². The van der Waals surface area contributed by atoms with Gasteiger partial charge >= 0.3 is 5.97 Å². The van der Waals surface area contributed by atoms with Crippen LogP contribution in [0.4, 0.5) is 15.2 Å². The van der Waals surface area contributed by atoms with Gasteiger partial charge in [-0.15, -0.1) is 11.3 Å². The summed E-state index contributed by atoms with van der Waals surface area (Å²) in [4.78, 5) is 29.3. The minimum atomic E-state index is -0.724. The molecule has 0 unspecified atom stereocenters. The Hall–Kier alpha value is -3.05. The van der Waals surface area contributed by atoms with Gasteiger partial charge in [-0.1, -0.05) is 25.5 Å². The van der Waals surface area contributed by atoms with Gasteiger partial charge in [0, 0.05) is 12.3 Å². The third-order valence-electron chi connectivity index (χ3n) is 3.47. The molecule has 140 valence electrons. The van der Waals surface area contributed by atoms with Crippen LogP contribution in [-0.4, -0.2) is 23.5 Å². The third-order valence-corrected chi connectivity index (χ3v) is 4.32. The highest BCUT2D eigenvalue weighted by molar-refractivity contribution is 7.14. The van der Waals surface area contributed by atoms with E-state index in [-0.39, 0.29) is 23.0 Å². The van der Waals surface area contributed by atoms with Crippen LogP contribution in [0.15, 0.2) is 35.2 Å². The van der Waals surface area contributed by atoms with Gasteiger partial charge in [-0.25, -0.2) is 14.2 Å². The van der Waals surface area contributed by atoms with Gasteiger partial charge in [-0.3, -0.25) is 9.69 Å². The first-order valence-electron chi connectivity index (χ1n) is 8.27. The zero-order valence-corrected chi connectivity index (χ0v) is 15.8.